The molecule has 0 radical (unpaired) electrons. The first-order valence-electron chi connectivity index (χ1n) is 13.8. The van der Waals surface area contributed by atoms with Crippen LogP contribution in [0.15, 0.2) is 42.5 Å². The Morgan fingerprint density at radius 2 is 1.31 bits per heavy atom. The van der Waals surface area contributed by atoms with Crippen LogP contribution in [0.4, 0.5) is 0 Å². The van der Waals surface area contributed by atoms with Crippen LogP contribution in [0.25, 0.3) is 6.08 Å². The highest BCUT2D eigenvalue weighted by Gasteiger charge is 2.16. The Labute approximate surface area is 219 Å². The number of ether oxygens (including phenoxy) is 3. The zero-order valence-electron chi connectivity index (χ0n) is 23.4. The van der Waals surface area contributed by atoms with Crippen molar-refractivity contribution in [2.75, 3.05) is 0 Å². The molecule has 0 fully saturated rings. The van der Waals surface area contributed by atoms with E-state index < -0.39 is 0 Å². The van der Waals surface area contributed by atoms with Crippen molar-refractivity contribution in [1.29, 1.82) is 0 Å². The van der Waals surface area contributed by atoms with Crippen molar-refractivity contribution in [3.05, 3.63) is 59.2 Å². The Morgan fingerprint density at radius 3 is 1.89 bits per heavy atom. The highest BCUT2D eigenvalue weighted by atomic mass is 16.5. The van der Waals surface area contributed by atoms with Gasteiger partial charge in [-0.05, 0) is 94.5 Å². The predicted octanol–water partition coefficient (Wildman–Crippen LogP) is 8.85. The van der Waals surface area contributed by atoms with Gasteiger partial charge in [-0.25, -0.2) is 0 Å². The molecule has 0 bridgehead atoms. The van der Waals surface area contributed by atoms with Crippen LogP contribution in [0.5, 0.6) is 17.2 Å². The summed E-state index contributed by atoms with van der Waals surface area (Å²) in [7, 11) is 0. The number of allylic oxidation sites excluding steroid dienone is 1. The van der Waals surface area contributed by atoms with Gasteiger partial charge < -0.3 is 14.2 Å². The van der Waals surface area contributed by atoms with Gasteiger partial charge in [-0.3, -0.25) is 4.79 Å². The van der Waals surface area contributed by atoms with E-state index in [-0.39, 0.29) is 24.1 Å². The molecular weight excluding hydrogens is 448 g/mol. The van der Waals surface area contributed by atoms with Crippen LogP contribution < -0.4 is 14.2 Å². The number of rotatable bonds is 16. The summed E-state index contributed by atoms with van der Waals surface area (Å²) in [6.45, 7) is 14.7. The zero-order chi connectivity index (χ0) is 26.5. The van der Waals surface area contributed by atoms with Gasteiger partial charge in [0.1, 0.15) is 17.2 Å². The molecule has 36 heavy (non-hydrogen) atoms. The summed E-state index contributed by atoms with van der Waals surface area (Å²) in [4.78, 5) is 13.5. The van der Waals surface area contributed by atoms with Crippen molar-refractivity contribution in [2.45, 2.75) is 112 Å². The lowest BCUT2D eigenvalue weighted by Gasteiger charge is -2.19. The van der Waals surface area contributed by atoms with E-state index in [1.807, 2.05) is 37.3 Å². The van der Waals surface area contributed by atoms with Gasteiger partial charge in [0, 0.05) is 5.56 Å². The molecule has 4 heteroatoms. The zero-order valence-corrected chi connectivity index (χ0v) is 23.4. The molecule has 2 rings (SSSR count). The Balaban J connectivity index is 2.38. The van der Waals surface area contributed by atoms with E-state index in [9.17, 15) is 4.79 Å². The molecule has 2 aromatic carbocycles. The van der Waals surface area contributed by atoms with Gasteiger partial charge in [-0.15, -0.1) is 0 Å². The lowest BCUT2D eigenvalue weighted by atomic mass is 10.0. The molecule has 198 valence electrons. The second kappa shape index (κ2) is 15.4. The third kappa shape index (κ3) is 9.37. The van der Waals surface area contributed by atoms with Crippen LogP contribution >= 0.6 is 0 Å². The van der Waals surface area contributed by atoms with Gasteiger partial charge in [0.25, 0.3) is 0 Å². The van der Waals surface area contributed by atoms with E-state index in [1.165, 1.54) is 5.56 Å². The number of benzene rings is 2. The summed E-state index contributed by atoms with van der Waals surface area (Å²) >= 11 is 0. The van der Waals surface area contributed by atoms with Crippen molar-refractivity contribution in [1.82, 2.24) is 0 Å². The molecule has 0 aliphatic heterocycles. The Hall–Kier alpha value is -2.75. The summed E-state index contributed by atoms with van der Waals surface area (Å²) in [6.07, 6.45) is 10.6. The van der Waals surface area contributed by atoms with E-state index in [2.05, 4.69) is 53.7 Å². The lowest BCUT2D eigenvalue weighted by molar-refractivity contribution is 0.103. The van der Waals surface area contributed by atoms with Crippen molar-refractivity contribution >= 4 is 11.9 Å². The second-order valence-electron chi connectivity index (χ2n) is 9.73. The number of carbonyl (C=O) groups excluding carboxylic acids is 1. The third-order valence-electron chi connectivity index (χ3n) is 6.19. The van der Waals surface area contributed by atoms with Gasteiger partial charge in [0.05, 0.1) is 23.9 Å². The number of hydrogen-bond donors (Lipinski definition) is 0. The summed E-state index contributed by atoms with van der Waals surface area (Å²) in [6, 6.07) is 11.8. The average molecular weight is 495 g/mol. The Morgan fingerprint density at radius 1 is 0.750 bits per heavy atom. The van der Waals surface area contributed by atoms with Gasteiger partial charge in [0.15, 0.2) is 5.78 Å². The van der Waals surface area contributed by atoms with Crippen LogP contribution in [0.2, 0.25) is 0 Å². The van der Waals surface area contributed by atoms with E-state index in [0.717, 1.165) is 56.3 Å². The maximum absolute atomic E-state index is 13.5. The van der Waals surface area contributed by atoms with Crippen LogP contribution in [0, 0.1) is 0 Å². The smallest absolute Gasteiger partial charge is 0.189 e. The highest BCUT2D eigenvalue weighted by Crippen LogP contribution is 2.29. The number of hydrogen-bond acceptors (Lipinski definition) is 4. The minimum absolute atomic E-state index is 0.0256. The normalized spacial score (nSPS) is 13.9. The minimum Gasteiger partial charge on any atom is -0.491 e. The summed E-state index contributed by atoms with van der Waals surface area (Å²) in [5, 5.41) is 0. The molecule has 0 saturated carbocycles. The van der Waals surface area contributed by atoms with Crippen molar-refractivity contribution < 1.29 is 19.0 Å². The Kier molecular flexibility index (Phi) is 12.6. The molecule has 0 saturated heterocycles. The molecule has 0 aliphatic carbocycles. The fourth-order valence-corrected chi connectivity index (χ4v) is 4.25. The monoisotopic (exact) mass is 494 g/mol. The Bertz CT molecular complexity index is 978. The summed E-state index contributed by atoms with van der Waals surface area (Å²) in [5.41, 5.74) is 2.63. The highest BCUT2D eigenvalue weighted by molar-refractivity contribution is 6.09. The molecule has 0 aromatic heterocycles. The summed E-state index contributed by atoms with van der Waals surface area (Å²) in [5.74, 6) is 1.97. The van der Waals surface area contributed by atoms with E-state index >= 15 is 0 Å². The maximum atomic E-state index is 13.5. The first-order valence-corrected chi connectivity index (χ1v) is 13.8. The fraction of sp³-hybridized carbons (Fsp3) is 0.531. The van der Waals surface area contributed by atoms with E-state index in [0.29, 0.717) is 17.1 Å². The van der Waals surface area contributed by atoms with Crippen LogP contribution in [-0.2, 0) is 6.42 Å². The van der Waals surface area contributed by atoms with Crippen molar-refractivity contribution in [2.24, 2.45) is 0 Å². The largest absolute Gasteiger partial charge is 0.491 e. The third-order valence-corrected chi connectivity index (χ3v) is 6.19. The molecule has 0 heterocycles. The maximum Gasteiger partial charge on any atom is 0.189 e. The molecular formula is C32H46O4. The number of aryl methyl sites for hydroxylation is 1. The van der Waals surface area contributed by atoms with Crippen molar-refractivity contribution in [3.63, 3.8) is 0 Å². The fourth-order valence-electron chi connectivity index (χ4n) is 4.25. The average Bonchev–Trinajstić information content (AvgIpc) is 2.84. The topological polar surface area (TPSA) is 44.8 Å². The molecule has 3 atom stereocenters. The first kappa shape index (κ1) is 29.5. The quantitative estimate of drug-likeness (QED) is 0.173. The second-order valence-corrected chi connectivity index (χ2v) is 9.73. The van der Waals surface area contributed by atoms with Gasteiger partial charge in [-0.1, -0.05) is 53.0 Å². The van der Waals surface area contributed by atoms with Crippen LogP contribution in [0.1, 0.15) is 108 Å². The van der Waals surface area contributed by atoms with E-state index in [4.69, 9.17) is 14.2 Å². The van der Waals surface area contributed by atoms with Crippen LogP contribution in [-0.4, -0.2) is 24.1 Å². The van der Waals surface area contributed by atoms with Gasteiger partial charge >= 0.3 is 0 Å². The SMILES string of the molecule is CCCC(C)Oc1ccc(OC(C)CCC)c(C(=O)C=Cc2cc(CC)ccc2OC(C)CCC)c1. The standard InChI is InChI=1S/C32H46O4/c1-8-12-23(5)34-28-17-20-32(36-25(7)14-10-3)29(22-28)30(33)18-16-27-21-26(11-4)15-19-31(27)35-24(6)13-9-2/h15-25H,8-14H2,1-7H3. The predicted molar refractivity (Wildman–Crippen MR) is 151 cm³/mol. The number of carbonyl (C=O) groups is 1. The molecule has 0 spiro atoms. The minimum atomic E-state index is -0.114. The van der Waals surface area contributed by atoms with Crippen LogP contribution in [0.3, 0.4) is 0 Å². The van der Waals surface area contributed by atoms with Gasteiger partial charge in [-0.2, -0.15) is 0 Å². The van der Waals surface area contributed by atoms with E-state index in [1.54, 1.807) is 6.08 Å². The van der Waals surface area contributed by atoms with Crippen molar-refractivity contribution in [3.8, 4) is 17.2 Å². The molecule has 4 nitrogen and oxygen atoms in total. The summed E-state index contributed by atoms with van der Waals surface area (Å²) < 4.78 is 18.5. The first-order chi connectivity index (χ1) is 17.3. The molecule has 0 aliphatic rings. The number of ketones is 1. The molecule has 3 unspecified atom stereocenters. The molecule has 0 N–H and O–H groups in total. The van der Waals surface area contributed by atoms with Gasteiger partial charge in [0.2, 0.25) is 0 Å². The lowest BCUT2D eigenvalue weighted by Crippen LogP contribution is -2.14. The molecule has 2 aromatic rings. The molecule has 0 amide bonds.